The summed E-state index contributed by atoms with van der Waals surface area (Å²) >= 11 is 0. The van der Waals surface area contributed by atoms with Gasteiger partial charge in [-0.2, -0.15) is 0 Å². The molecule has 1 atom stereocenters. The zero-order valence-electron chi connectivity index (χ0n) is 16.6. The van der Waals surface area contributed by atoms with Crippen LogP contribution in [0.15, 0.2) is 12.2 Å². The van der Waals surface area contributed by atoms with E-state index in [1.165, 1.54) is 44.6 Å². The van der Waals surface area contributed by atoms with Crippen molar-refractivity contribution in [2.45, 2.75) is 84.0 Å². The van der Waals surface area contributed by atoms with Gasteiger partial charge in [0.05, 0.1) is 25.2 Å². The largest absolute Gasteiger partial charge is 0.481 e. The quantitative estimate of drug-likeness (QED) is 0.222. The summed E-state index contributed by atoms with van der Waals surface area (Å²) in [7, 11) is 0. The number of hydrogen-bond acceptors (Lipinski definition) is 4. The van der Waals surface area contributed by atoms with Crippen LogP contribution in [-0.2, 0) is 19.2 Å². The molecule has 0 saturated carbocycles. The molecule has 8 heteroatoms. The molecule has 162 valence electrons. The van der Waals surface area contributed by atoms with Crippen LogP contribution in [0.25, 0.3) is 0 Å². The van der Waals surface area contributed by atoms with Gasteiger partial charge >= 0.3 is 23.9 Å². The summed E-state index contributed by atoms with van der Waals surface area (Å²) in [6, 6.07) is 0. The Labute approximate surface area is 166 Å². The van der Waals surface area contributed by atoms with Crippen LogP contribution in [0.5, 0.6) is 0 Å². The molecule has 0 radical (unpaired) electrons. The molecule has 0 saturated heterocycles. The molecule has 0 heterocycles. The van der Waals surface area contributed by atoms with Gasteiger partial charge in [-0.25, -0.2) is 0 Å². The Morgan fingerprint density at radius 2 is 1.18 bits per heavy atom. The maximum Gasteiger partial charge on any atom is 0.310 e. The van der Waals surface area contributed by atoms with Gasteiger partial charge in [-0.3, -0.25) is 19.2 Å². The van der Waals surface area contributed by atoms with Gasteiger partial charge in [0, 0.05) is 0 Å². The Balaban J connectivity index is 0. The number of unbranched alkanes of at least 4 members (excludes halogenated alkanes) is 8. The molecule has 0 aliphatic rings. The van der Waals surface area contributed by atoms with Crippen molar-refractivity contribution in [2.24, 2.45) is 5.92 Å². The van der Waals surface area contributed by atoms with Gasteiger partial charge in [0.15, 0.2) is 0 Å². The van der Waals surface area contributed by atoms with Gasteiger partial charge in [0.25, 0.3) is 0 Å². The van der Waals surface area contributed by atoms with Gasteiger partial charge in [0.2, 0.25) is 0 Å². The molecule has 8 nitrogen and oxygen atoms in total. The number of aliphatic carboxylic acids is 4. The van der Waals surface area contributed by atoms with Crippen LogP contribution < -0.4 is 0 Å². The van der Waals surface area contributed by atoms with Crippen molar-refractivity contribution < 1.29 is 39.6 Å². The van der Waals surface area contributed by atoms with E-state index in [1.807, 2.05) is 0 Å². The lowest BCUT2D eigenvalue weighted by atomic mass is 10.0. The van der Waals surface area contributed by atoms with Crippen LogP contribution in [0, 0.1) is 5.92 Å². The van der Waals surface area contributed by atoms with Gasteiger partial charge in [-0.1, -0.05) is 64.0 Å². The lowest BCUT2D eigenvalue weighted by Gasteiger charge is -2.03. The second kappa shape index (κ2) is 19.4. The van der Waals surface area contributed by atoms with E-state index in [4.69, 9.17) is 20.4 Å². The second-order valence-electron chi connectivity index (χ2n) is 6.52. The Morgan fingerprint density at radius 1 is 0.714 bits per heavy atom. The highest BCUT2D eigenvalue weighted by molar-refractivity contribution is 5.79. The monoisotopic (exact) mass is 402 g/mol. The van der Waals surface area contributed by atoms with Crippen molar-refractivity contribution in [3.8, 4) is 0 Å². The minimum absolute atomic E-state index is 0.296. The molecule has 1 unspecified atom stereocenters. The third-order valence-corrected chi connectivity index (χ3v) is 3.86. The highest BCUT2D eigenvalue weighted by Crippen LogP contribution is 2.11. The molecule has 0 aromatic heterocycles. The van der Waals surface area contributed by atoms with Crippen molar-refractivity contribution in [3.63, 3.8) is 0 Å². The molecule has 0 aliphatic carbocycles. The van der Waals surface area contributed by atoms with E-state index in [0.717, 1.165) is 19.3 Å². The number of carbonyl (C=O) groups is 4. The average molecular weight is 402 g/mol. The zero-order valence-corrected chi connectivity index (χ0v) is 16.6. The molecule has 0 fully saturated rings. The summed E-state index contributed by atoms with van der Waals surface area (Å²) in [6.45, 7) is 2.21. The van der Waals surface area contributed by atoms with Crippen LogP contribution in [0.2, 0.25) is 0 Å². The molecular formula is C20H34O8. The van der Waals surface area contributed by atoms with E-state index in [9.17, 15) is 19.2 Å². The molecule has 0 aliphatic heterocycles. The molecule has 0 amide bonds. The number of hydrogen-bond donors (Lipinski definition) is 4. The van der Waals surface area contributed by atoms with Gasteiger partial charge in [0.1, 0.15) is 0 Å². The summed E-state index contributed by atoms with van der Waals surface area (Å²) in [5, 5.41) is 33.2. The normalized spacial score (nSPS) is 11.5. The number of carboxylic acids is 4. The van der Waals surface area contributed by atoms with Crippen LogP contribution in [0.3, 0.4) is 0 Å². The Kier molecular flexibility index (Phi) is 19.3. The first-order valence-electron chi connectivity index (χ1n) is 9.75. The molecule has 0 aromatic rings. The van der Waals surface area contributed by atoms with E-state index >= 15 is 0 Å². The van der Waals surface area contributed by atoms with E-state index in [2.05, 4.69) is 6.92 Å². The third-order valence-electron chi connectivity index (χ3n) is 3.86. The predicted octanol–water partition coefficient (Wildman–Crippen LogP) is 4.18. The predicted molar refractivity (Wildman–Crippen MR) is 104 cm³/mol. The van der Waals surface area contributed by atoms with E-state index < -0.39 is 29.8 Å². The summed E-state index contributed by atoms with van der Waals surface area (Å²) in [5.74, 6) is -5.20. The van der Waals surface area contributed by atoms with E-state index in [-0.39, 0.29) is 19.3 Å². The molecule has 0 spiro atoms. The maximum atomic E-state index is 10.8. The Bertz CT molecular complexity index is 471. The van der Waals surface area contributed by atoms with Crippen molar-refractivity contribution in [2.75, 3.05) is 0 Å². The van der Waals surface area contributed by atoms with Crippen molar-refractivity contribution in [1.82, 2.24) is 0 Å². The Morgan fingerprint density at radius 3 is 1.57 bits per heavy atom. The topological polar surface area (TPSA) is 149 Å². The third kappa shape index (κ3) is 23.6. The molecule has 28 heavy (non-hydrogen) atoms. The first-order valence-corrected chi connectivity index (χ1v) is 9.75. The first kappa shape index (κ1) is 27.8. The van der Waals surface area contributed by atoms with Crippen LogP contribution in [0.4, 0.5) is 0 Å². The average Bonchev–Trinajstić information content (AvgIpc) is 2.60. The standard InChI is InChI=1S/C16H28O4.C4H6O4/c1-2-3-4-5-6-7-8-9-10-11-12-14(16(19)20)13-15(17)18;5-3(6)1-2-4(7)8/h11-12,14H,2-10,13H2,1H3,(H,17,18)(H,19,20);1-2H2,(H,5,6)(H,7,8). The molecule has 4 N–H and O–H groups in total. The Hall–Kier alpha value is -2.38. The molecular weight excluding hydrogens is 368 g/mol. The lowest BCUT2D eigenvalue weighted by molar-refractivity contribution is -0.146. The maximum absolute atomic E-state index is 10.8. The summed E-state index contributed by atoms with van der Waals surface area (Å²) in [5.41, 5.74) is 0. The fourth-order valence-electron chi connectivity index (χ4n) is 2.30. The fraction of sp³-hybridized carbons (Fsp3) is 0.700. The highest BCUT2D eigenvalue weighted by atomic mass is 16.4. The summed E-state index contributed by atoms with van der Waals surface area (Å²) in [4.78, 5) is 40.6. The number of carboxylic acid groups (broad SMARTS) is 4. The van der Waals surface area contributed by atoms with Crippen molar-refractivity contribution in [3.05, 3.63) is 12.2 Å². The van der Waals surface area contributed by atoms with E-state index in [1.54, 1.807) is 6.08 Å². The van der Waals surface area contributed by atoms with Gasteiger partial charge in [-0.15, -0.1) is 0 Å². The van der Waals surface area contributed by atoms with Crippen molar-refractivity contribution >= 4 is 23.9 Å². The van der Waals surface area contributed by atoms with E-state index in [0.29, 0.717) is 0 Å². The minimum Gasteiger partial charge on any atom is -0.481 e. The van der Waals surface area contributed by atoms with Crippen LogP contribution in [0.1, 0.15) is 84.0 Å². The molecule has 0 aromatic carbocycles. The summed E-state index contributed by atoms with van der Waals surface area (Å²) in [6.07, 6.45) is 13.2. The smallest absolute Gasteiger partial charge is 0.310 e. The van der Waals surface area contributed by atoms with Crippen molar-refractivity contribution in [1.29, 1.82) is 0 Å². The summed E-state index contributed by atoms with van der Waals surface area (Å²) < 4.78 is 0. The van der Waals surface area contributed by atoms with Crippen LogP contribution in [-0.4, -0.2) is 44.3 Å². The first-order chi connectivity index (χ1) is 13.2. The van der Waals surface area contributed by atoms with Gasteiger partial charge in [-0.05, 0) is 12.8 Å². The fourth-order valence-corrected chi connectivity index (χ4v) is 2.30. The minimum atomic E-state index is -1.08. The van der Waals surface area contributed by atoms with Gasteiger partial charge < -0.3 is 20.4 Å². The number of rotatable bonds is 16. The molecule has 0 bridgehead atoms. The van der Waals surface area contributed by atoms with Crippen LogP contribution >= 0.6 is 0 Å². The number of allylic oxidation sites excluding steroid dienone is 1. The lowest BCUT2D eigenvalue weighted by Crippen LogP contribution is -2.15. The zero-order chi connectivity index (χ0) is 21.8. The SMILES string of the molecule is CCCCCCCCCCC=CC(CC(=O)O)C(=O)O.O=C(O)CCC(=O)O. The second-order valence-corrected chi connectivity index (χ2v) is 6.52. The molecule has 0 rings (SSSR count). The highest BCUT2D eigenvalue weighted by Gasteiger charge is 2.17.